The van der Waals surface area contributed by atoms with Crippen molar-refractivity contribution < 1.29 is 42.7 Å². The first-order valence-electron chi connectivity index (χ1n) is 26.6. The minimum absolute atomic E-state index is 0.0463. The second-order valence-electron chi connectivity index (χ2n) is 19.3. The molecule has 12 nitrogen and oxygen atoms in total. The minimum Gasteiger partial charge on any atom is -0.488 e. The Bertz CT molecular complexity index is 3260. The van der Waals surface area contributed by atoms with E-state index in [9.17, 15) is 19.5 Å². The number of amides is 2. The Labute approximate surface area is 463 Å². The molecule has 2 amide bonds. The van der Waals surface area contributed by atoms with Crippen LogP contribution in [0.5, 0.6) is 11.5 Å². The Hall–Kier alpha value is -8.07. The Kier molecular flexibility index (Phi) is 19.2. The van der Waals surface area contributed by atoms with Gasteiger partial charge in [-0.2, -0.15) is 0 Å². The zero-order valence-electron chi connectivity index (χ0n) is 43.8. The number of nitrogens with zero attached hydrogens (tertiary/aromatic N) is 3. The molecular formula is C64H63N3O9S2. The summed E-state index contributed by atoms with van der Waals surface area (Å²) in [5, 5.41) is 17.3. The highest BCUT2D eigenvalue weighted by Crippen LogP contribution is 2.34. The molecule has 0 unspecified atom stereocenters. The van der Waals surface area contributed by atoms with E-state index in [1.165, 1.54) is 75.1 Å². The van der Waals surface area contributed by atoms with Crippen LogP contribution in [0.15, 0.2) is 185 Å². The molecule has 4 aromatic heterocycles. The molecule has 0 bridgehead atoms. The number of rotatable bonds is 24. The molecule has 1 fully saturated rings. The van der Waals surface area contributed by atoms with E-state index in [0.29, 0.717) is 31.0 Å². The second-order valence-corrected chi connectivity index (χ2v) is 21.6. The van der Waals surface area contributed by atoms with Crippen molar-refractivity contribution in [3.63, 3.8) is 0 Å². The number of carbonyl (C=O) groups is 3. The van der Waals surface area contributed by atoms with Gasteiger partial charge in [-0.25, -0.2) is 9.69 Å². The zero-order chi connectivity index (χ0) is 54.1. The van der Waals surface area contributed by atoms with Crippen LogP contribution in [0.2, 0.25) is 0 Å². The number of aliphatic carboxylic acids is 1. The van der Waals surface area contributed by atoms with E-state index >= 15 is 0 Å². The van der Waals surface area contributed by atoms with Gasteiger partial charge in [-0.05, 0) is 120 Å². The van der Waals surface area contributed by atoms with Gasteiger partial charge in [-0.3, -0.25) is 9.59 Å². The van der Waals surface area contributed by atoms with Gasteiger partial charge in [0.15, 0.2) is 0 Å². The van der Waals surface area contributed by atoms with E-state index in [4.69, 9.17) is 23.3 Å². The maximum absolute atomic E-state index is 13.6. The molecule has 5 heterocycles. The smallest absolute Gasteiger partial charge is 0.416 e. The normalized spacial score (nSPS) is 13.8. The minimum atomic E-state index is -0.882. The summed E-state index contributed by atoms with van der Waals surface area (Å²) >= 11 is 3.46. The number of hydrogen-bond acceptors (Lipinski definition) is 12. The maximum atomic E-state index is 13.6. The molecule has 78 heavy (non-hydrogen) atoms. The molecular weight excluding hydrogens is 1020 g/mol. The fraction of sp³-hybridized carbons (Fsp3) is 0.266. The molecule has 1 aliphatic rings. The van der Waals surface area contributed by atoms with Gasteiger partial charge in [0.25, 0.3) is 0 Å². The molecule has 1 N–H and O–H groups in total. The lowest BCUT2D eigenvalue weighted by Crippen LogP contribution is -2.40. The van der Waals surface area contributed by atoms with E-state index < -0.39 is 18.0 Å². The molecule has 1 aliphatic heterocycles. The lowest BCUT2D eigenvalue weighted by Gasteiger charge is -2.22. The third kappa shape index (κ3) is 14.9. The molecule has 5 aromatic carbocycles. The van der Waals surface area contributed by atoms with Crippen molar-refractivity contribution in [1.82, 2.24) is 15.2 Å². The quantitative estimate of drug-likeness (QED) is 0.0615. The number of thiophene rings is 2. The summed E-state index contributed by atoms with van der Waals surface area (Å²) in [5.74, 6) is -0.482. The molecule has 14 heteroatoms. The largest absolute Gasteiger partial charge is 0.488 e. The first-order valence-corrected chi connectivity index (χ1v) is 28.2. The standard InChI is InChI=1S/C37H36N2O5S.C27H27NO4S/c1-2-3-7-26-10-12-29(13-11-26)35-19-18-32(45-35)25-42-31-16-14-28(15-17-31)33(34-20-21-44-38-34)23-36(40)39-30(24-43-37(39)41)22-27-8-5-4-6-9-27;1-2-3-4-19-5-7-21(8-6-19)26-14-13-23(33-26)18-31-22-11-9-20(10-12-22)24(17-27(29)30)25-15-16-32-28-25/h4-6,8-21,30,33H,2-3,7,22-25H2,1H3;5-16,24H,2-4,17-18H2,1H3,(H,29,30)/t30-,33-;24-/m00/s1. The lowest BCUT2D eigenvalue weighted by molar-refractivity contribution is -0.137. The van der Waals surface area contributed by atoms with E-state index in [-0.39, 0.29) is 37.3 Å². The van der Waals surface area contributed by atoms with Crippen LogP contribution in [0.4, 0.5) is 4.79 Å². The highest BCUT2D eigenvalue weighted by molar-refractivity contribution is 7.15. The summed E-state index contributed by atoms with van der Waals surface area (Å²) in [4.78, 5) is 43.5. The molecule has 9 aromatic rings. The summed E-state index contributed by atoms with van der Waals surface area (Å²) in [7, 11) is 0. The number of aromatic nitrogens is 2. The number of hydrogen-bond donors (Lipinski definition) is 1. The summed E-state index contributed by atoms with van der Waals surface area (Å²) in [6, 6.07) is 54.3. The summed E-state index contributed by atoms with van der Waals surface area (Å²) in [5.41, 5.74) is 9.22. The molecule has 10 rings (SSSR count). The van der Waals surface area contributed by atoms with Crippen LogP contribution in [-0.2, 0) is 46.8 Å². The van der Waals surface area contributed by atoms with Gasteiger partial charge in [0.2, 0.25) is 5.91 Å². The predicted molar refractivity (Wildman–Crippen MR) is 304 cm³/mol. The number of ether oxygens (including phenoxy) is 3. The summed E-state index contributed by atoms with van der Waals surface area (Å²) in [6.07, 6.45) is 9.98. The van der Waals surface area contributed by atoms with Crippen molar-refractivity contribution in [2.24, 2.45) is 0 Å². The number of aryl methyl sites for hydroxylation is 2. The first-order chi connectivity index (χ1) is 38.2. The number of carboxylic acid groups (broad SMARTS) is 1. The molecule has 0 spiro atoms. The molecule has 0 radical (unpaired) electrons. The summed E-state index contributed by atoms with van der Waals surface area (Å²) in [6.45, 7) is 5.56. The Morgan fingerprint density at radius 2 is 1.09 bits per heavy atom. The van der Waals surface area contributed by atoms with Crippen molar-refractivity contribution >= 4 is 40.6 Å². The fourth-order valence-electron chi connectivity index (χ4n) is 9.40. The van der Waals surface area contributed by atoms with Gasteiger partial charge in [-0.15, -0.1) is 22.7 Å². The van der Waals surface area contributed by atoms with Crippen molar-refractivity contribution in [2.45, 2.75) is 103 Å². The monoisotopic (exact) mass is 1080 g/mol. The van der Waals surface area contributed by atoms with Gasteiger partial charge in [0, 0.05) is 49.9 Å². The van der Waals surface area contributed by atoms with Gasteiger partial charge in [-0.1, -0.05) is 140 Å². The highest BCUT2D eigenvalue weighted by atomic mass is 32.1. The summed E-state index contributed by atoms with van der Waals surface area (Å²) < 4.78 is 27.4. The zero-order valence-corrected chi connectivity index (χ0v) is 45.5. The number of carboxylic acids is 1. The number of carbonyl (C=O) groups excluding carboxylic acids is 2. The van der Waals surface area contributed by atoms with E-state index in [0.717, 1.165) is 50.8 Å². The Balaban J connectivity index is 0.000000199. The van der Waals surface area contributed by atoms with Crippen LogP contribution in [-0.4, -0.2) is 50.9 Å². The van der Waals surface area contributed by atoms with Gasteiger partial charge in [0.1, 0.15) is 43.8 Å². The topological polar surface area (TPSA) is 154 Å². The maximum Gasteiger partial charge on any atom is 0.416 e. The first kappa shape index (κ1) is 54.7. The Morgan fingerprint density at radius 3 is 1.54 bits per heavy atom. The van der Waals surface area contributed by atoms with E-state index in [1.54, 1.807) is 34.8 Å². The SMILES string of the molecule is CCCCc1ccc(-c2ccc(COc3ccc([C@H](CC(=O)N4C(=O)OC[C@@H]4Cc4ccccc4)c4ccon4)cc3)s2)cc1.CCCCc1ccc(-c2ccc(COc3ccc([C@H](CC(=O)O)c4ccon4)cc3)s2)cc1. The average Bonchev–Trinajstić information content (AvgIpc) is 4.36. The number of benzene rings is 5. The van der Waals surface area contributed by atoms with E-state index in [2.05, 4.69) is 97.0 Å². The van der Waals surface area contributed by atoms with Crippen molar-refractivity contribution in [1.29, 1.82) is 0 Å². The van der Waals surface area contributed by atoms with Crippen LogP contribution in [0, 0.1) is 0 Å². The van der Waals surface area contributed by atoms with Crippen molar-refractivity contribution in [2.75, 3.05) is 6.61 Å². The number of cyclic esters (lactones) is 1. The third-order valence-corrected chi connectivity index (χ3v) is 15.9. The molecule has 1 saturated heterocycles. The van der Waals surface area contributed by atoms with Crippen LogP contribution < -0.4 is 9.47 Å². The average molecular weight is 1080 g/mol. The van der Waals surface area contributed by atoms with Gasteiger partial charge in [0.05, 0.1) is 23.9 Å². The van der Waals surface area contributed by atoms with Crippen LogP contribution in [0.3, 0.4) is 0 Å². The van der Waals surface area contributed by atoms with Gasteiger partial charge >= 0.3 is 12.1 Å². The molecule has 400 valence electrons. The molecule has 3 atom stereocenters. The van der Waals surface area contributed by atoms with Crippen molar-refractivity contribution in [3.05, 3.63) is 225 Å². The van der Waals surface area contributed by atoms with Gasteiger partial charge < -0.3 is 28.4 Å². The molecule has 0 aliphatic carbocycles. The van der Waals surface area contributed by atoms with Crippen LogP contribution in [0.1, 0.15) is 113 Å². The number of imide groups is 1. The Morgan fingerprint density at radius 1 is 0.603 bits per heavy atom. The van der Waals surface area contributed by atoms with Crippen molar-refractivity contribution in [3.8, 4) is 32.4 Å². The second kappa shape index (κ2) is 27.3. The third-order valence-electron chi connectivity index (χ3n) is 13.7. The highest BCUT2D eigenvalue weighted by Gasteiger charge is 2.39. The predicted octanol–water partition coefficient (Wildman–Crippen LogP) is 15.4. The van der Waals surface area contributed by atoms with Crippen LogP contribution in [0.25, 0.3) is 20.9 Å². The van der Waals surface area contributed by atoms with E-state index in [1.807, 2.05) is 78.9 Å². The molecule has 0 saturated carbocycles. The number of unbranched alkanes of at least 4 members (excludes halogenated alkanes) is 2. The fourth-order valence-corrected chi connectivity index (χ4v) is 11.2. The van der Waals surface area contributed by atoms with Crippen LogP contribution >= 0.6 is 22.7 Å². The lowest BCUT2D eigenvalue weighted by atomic mass is 9.91.